The number of hydrogen-bond acceptors (Lipinski definition) is 5. The van der Waals surface area contributed by atoms with Gasteiger partial charge in [-0.3, -0.25) is 4.79 Å². The molecule has 1 aromatic heterocycles. The van der Waals surface area contributed by atoms with Gasteiger partial charge in [-0.25, -0.2) is 14.2 Å². The summed E-state index contributed by atoms with van der Waals surface area (Å²) in [6, 6.07) is 16.0. The van der Waals surface area contributed by atoms with Gasteiger partial charge in [0.05, 0.1) is 25.4 Å². The highest BCUT2D eigenvalue weighted by atomic mass is 16.5. The SMILES string of the molecule is COC(=O)C(NC(=O)c1ccccc1)c1cc2ccccc2n1C(=O)OC. The van der Waals surface area contributed by atoms with Gasteiger partial charge in [-0.1, -0.05) is 36.4 Å². The summed E-state index contributed by atoms with van der Waals surface area (Å²) >= 11 is 0. The molecule has 0 aliphatic heterocycles. The van der Waals surface area contributed by atoms with Crippen molar-refractivity contribution in [2.24, 2.45) is 0 Å². The molecule has 0 saturated heterocycles. The number of ether oxygens (including phenoxy) is 2. The Balaban J connectivity index is 2.09. The normalized spacial score (nSPS) is 11.6. The van der Waals surface area contributed by atoms with Crippen LogP contribution in [0.2, 0.25) is 0 Å². The number of carbonyl (C=O) groups excluding carboxylic acids is 3. The number of carbonyl (C=O) groups is 3. The van der Waals surface area contributed by atoms with Gasteiger partial charge in [-0.05, 0) is 24.3 Å². The van der Waals surface area contributed by atoms with Crippen molar-refractivity contribution in [1.82, 2.24) is 9.88 Å². The van der Waals surface area contributed by atoms with E-state index in [1.54, 1.807) is 54.6 Å². The second-order valence-corrected chi connectivity index (χ2v) is 5.73. The van der Waals surface area contributed by atoms with Gasteiger partial charge in [0.25, 0.3) is 5.91 Å². The standard InChI is InChI=1S/C20H18N2O5/c1-26-19(24)17(21-18(23)13-8-4-3-5-9-13)16-12-14-10-6-7-11-15(14)22(16)20(25)27-2/h3-12,17H,1-2H3,(H,21,23). The average molecular weight is 366 g/mol. The molecule has 0 saturated carbocycles. The third-order valence-electron chi connectivity index (χ3n) is 4.14. The Labute approximate surface area is 155 Å². The number of esters is 1. The maximum atomic E-state index is 12.6. The number of benzene rings is 2. The number of methoxy groups -OCH3 is 2. The Morgan fingerprint density at radius 3 is 2.26 bits per heavy atom. The molecule has 1 N–H and O–H groups in total. The number of para-hydroxylation sites is 1. The summed E-state index contributed by atoms with van der Waals surface area (Å²) in [5.74, 6) is -1.17. The smallest absolute Gasteiger partial charge is 0.418 e. The molecular weight excluding hydrogens is 348 g/mol. The van der Waals surface area contributed by atoms with Crippen molar-refractivity contribution in [3.05, 3.63) is 71.9 Å². The maximum absolute atomic E-state index is 12.6. The summed E-state index contributed by atoms with van der Waals surface area (Å²) in [4.78, 5) is 37.3. The lowest BCUT2D eigenvalue weighted by Crippen LogP contribution is -2.36. The number of rotatable bonds is 4. The van der Waals surface area contributed by atoms with Gasteiger partial charge in [0.1, 0.15) is 0 Å². The molecule has 7 nitrogen and oxygen atoms in total. The molecule has 0 fully saturated rings. The Morgan fingerprint density at radius 2 is 1.59 bits per heavy atom. The zero-order valence-electron chi connectivity index (χ0n) is 14.8. The number of nitrogens with zero attached hydrogens (tertiary/aromatic N) is 1. The van der Waals surface area contributed by atoms with Crippen molar-refractivity contribution in [1.29, 1.82) is 0 Å². The molecule has 1 heterocycles. The summed E-state index contributed by atoms with van der Waals surface area (Å²) in [5.41, 5.74) is 1.19. The highest BCUT2D eigenvalue weighted by Crippen LogP contribution is 2.26. The minimum atomic E-state index is -1.19. The molecule has 3 aromatic rings. The van der Waals surface area contributed by atoms with Gasteiger partial charge >= 0.3 is 12.1 Å². The van der Waals surface area contributed by atoms with Crippen LogP contribution in [-0.4, -0.2) is 36.8 Å². The summed E-state index contributed by atoms with van der Waals surface area (Å²) in [7, 11) is 2.46. The van der Waals surface area contributed by atoms with Gasteiger partial charge in [0.15, 0.2) is 6.04 Å². The van der Waals surface area contributed by atoms with Crippen LogP contribution in [0, 0.1) is 0 Å². The minimum absolute atomic E-state index is 0.249. The number of hydrogen-bond donors (Lipinski definition) is 1. The lowest BCUT2D eigenvalue weighted by Gasteiger charge is -2.18. The van der Waals surface area contributed by atoms with Gasteiger partial charge in [0.2, 0.25) is 0 Å². The van der Waals surface area contributed by atoms with Gasteiger partial charge in [0, 0.05) is 10.9 Å². The maximum Gasteiger partial charge on any atom is 0.418 e. The first-order chi connectivity index (χ1) is 13.1. The molecule has 1 amide bonds. The Bertz CT molecular complexity index is 994. The van der Waals surface area contributed by atoms with Crippen LogP contribution in [0.1, 0.15) is 22.1 Å². The Morgan fingerprint density at radius 1 is 0.926 bits per heavy atom. The van der Waals surface area contributed by atoms with Crippen LogP contribution in [-0.2, 0) is 14.3 Å². The first-order valence-electron chi connectivity index (χ1n) is 8.19. The summed E-state index contributed by atoms with van der Waals surface area (Å²) in [6.07, 6.45) is -0.672. The van der Waals surface area contributed by atoms with Crippen molar-refractivity contribution < 1.29 is 23.9 Å². The van der Waals surface area contributed by atoms with Crippen LogP contribution in [0.5, 0.6) is 0 Å². The average Bonchev–Trinajstić information content (AvgIpc) is 3.10. The zero-order valence-corrected chi connectivity index (χ0v) is 14.8. The molecular formula is C20H18N2O5. The van der Waals surface area contributed by atoms with E-state index < -0.39 is 24.0 Å². The predicted octanol–water partition coefficient (Wildman–Crippen LogP) is 2.90. The number of fused-ring (bicyclic) bond motifs is 1. The van der Waals surface area contributed by atoms with Crippen LogP contribution in [0.4, 0.5) is 4.79 Å². The topological polar surface area (TPSA) is 86.6 Å². The molecule has 0 bridgehead atoms. The van der Waals surface area contributed by atoms with Gasteiger partial charge in [-0.15, -0.1) is 0 Å². The van der Waals surface area contributed by atoms with Crippen LogP contribution in [0.3, 0.4) is 0 Å². The minimum Gasteiger partial charge on any atom is -0.467 e. The fourth-order valence-corrected chi connectivity index (χ4v) is 2.86. The number of nitrogens with one attached hydrogen (secondary N) is 1. The highest BCUT2D eigenvalue weighted by Gasteiger charge is 2.30. The first-order valence-corrected chi connectivity index (χ1v) is 8.19. The highest BCUT2D eigenvalue weighted by molar-refractivity contribution is 5.98. The largest absolute Gasteiger partial charge is 0.467 e. The summed E-state index contributed by atoms with van der Waals surface area (Å²) < 4.78 is 11.0. The first kappa shape index (κ1) is 18.2. The van der Waals surface area contributed by atoms with Crippen LogP contribution in [0.15, 0.2) is 60.7 Å². The Hall–Kier alpha value is -3.61. The van der Waals surface area contributed by atoms with E-state index in [9.17, 15) is 14.4 Å². The van der Waals surface area contributed by atoms with E-state index in [1.165, 1.54) is 18.8 Å². The lowest BCUT2D eigenvalue weighted by atomic mass is 10.1. The summed E-state index contributed by atoms with van der Waals surface area (Å²) in [5, 5.41) is 3.36. The number of aromatic nitrogens is 1. The molecule has 0 aliphatic rings. The van der Waals surface area contributed by atoms with Gasteiger partial charge < -0.3 is 14.8 Å². The third kappa shape index (κ3) is 3.52. The lowest BCUT2D eigenvalue weighted by molar-refractivity contribution is -0.143. The molecule has 1 atom stereocenters. The second kappa shape index (κ2) is 7.74. The van der Waals surface area contributed by atoms with E-state index in [-0.39, 0.29) is 5.69 Å². The molecule has 2 aromatic carbocycles. The molecule has 138 valence electrons. The van der Waals surface area contributed by atoms with E-state index in [4.69, 9.17) is 9.47 Å². The molecule has 1 unspecified atom stereocenters. The van der Waals surface area contributed by atoms with Crippen LogP contribution < -0.4 is 5.32 Å². The second-order valence-electron chi connectivity index (χ2n) is 5.73. The van der Waals surface area contributed by atoms with Crippen molar-refractivity contribution in [2.75, 3.05) is 14.2 Å². The van der Waals surface area contributed by atoms with Crippen LogP contribution in [0.25, 0.3) is 10.9 Å². The molecule has 27 heavy (non-hydrogen) atoms. The molecule has 3 rings (SSSR count). The van der Waals surface area contributed by atoms with Crippen molar-refractivity contribution in [2.45, 2.75) is 6.04 Å². The third-order valence-corrected chi connectivity index (χ3v) is 4.14. The molecule has 0 radical (unpaired) electrons. The van der Waals surface area contributed by atoms with E-state index >= 15 is 0 Å². The Kier molecular flexibility index (Phi) is 5.21. The zero-order chi connectivity index (χ0) is 19.4. The molecule has 7 heteroatoms. The van der Waals surface area contributed by atoms with Crippen molar-refractivity contribution in [3.8, 4) is 0 Å². The predicted molar refractivity (Wildman–Crippen MR) is 98.4 cm³/mol. The number of amides is 1. The van der Waals surface area contributed by atoms with E-state index in [2.05, 4.69) is 5.32 Å². The fourth-order valence-electron chi connectivity index (χ4n) is 2.86. The molecule has 0 spiro atoms. The van der Waals surface area contributed by atoms with Crippen LogP contribution >= 0.6 is 0 Å². The summed E-state index contributed by atoms with van der Waals surface area (Å²) in [6.45, 7) is 0. The van der Waals surface area contributed by atoms with Crippen molar-refractivity contribution in [3.63, 3.8) is 0 Å². The van der Waals surface area contributed by atoms with Gasteiger partial charge in [-0.2, -0.15) is 0 Å². The monoisotopic (exact) mass is 366 g/mol. The quantitative estimate of drug-likeness (QED) is 0.718. The van der Waals surface area contributed by atoms with Crippen molar-refractivity contribution >= 4 is 28.9 Å². The van der Waals surface area contributed by atoms with E-state index in [0.29, 0.717) is 11.1 Å². The fraction of sp³-hybridized carbons (Fsp3) is 0.150. The molecule has 0 aliphatic carbocycles. The van der Waals surface area contributed by atoms with E-state index in [0.717, 1.165) is 5.39 Å². The van der Waals surface area contributed by atoms with E-state index in [1.807, 2.05) is 6.07 Å².